The average Bonchev–Trinajstić information content (AvgIpc) is 2.86. The highest BCUT2D eigenvalue weighted by atomic mass is 16.2. The molecule has 0 amide bonds. The van der Waals surface area contributed by atoms with E-state index in [0.29, 0.717) is 0 Å². The van der Waals surface area contributed by atoms with Crippen LogP contribution in [0.4, 0.5) is 0 Å². The molecule has 2 N–H and O–H groups in total. The predicted molar refractivity (Wildman–Crippen MR) is 150 cm³/mol. The van der Waals surface area contributed by atoms with Gasteiger partial charge in [0.25, 0.3) is 0 Å². The van der Waals surface area contributed by atoms with E-state index in [9.17, 15) is 14.4 Å². The molecule has 0 rings (SSSR count). The number of rotatable bonds is 27. The van der Waals surface area contributed by atoms with Gasteiger partial charge in [-0.3, -0.25) is 14.4 Å². The van der Waals surface area contributed by atoms with Crippen molar-refractivity contribution in [1.29, 1.82) is 0 Å². The van der Waals surface area contributed by atoms with Crippen LogP contribution in [-0.2, 0) is 14.4 Å². The van der Waals surface area contributed by atoms with Gasteiger partial charge in [-0.1, -0.05) is 136 Å². The largest absolute Gasteiger partial charge is 0.307 e. The monoisotopic (exact) mass is 493 g/mol. The summed E-state index contributed by atoms with van der Waals surface area (Å²) in [5, 5.41) is 0. The van der Waals surface area contributed by atoms with Crippen LogP contribution in [0.5, 0.6) is 0 Å². The van der Waals surface area contributed by atoms with Crippen molar-refractivity contribution in [1.82, 2.24) is 0 Å². The van der Waals surface area contributed by atoms with E-state index in [1.807, 2.05) is 0 Å². The summed E-state index contributed by atoms with van der Waals surface area (Å²) in [7, 11) is 0. The second-order valence-electron chi connectivity index (χ2n) is 10.7. The van der Waals surface area contributed by atoms with Crippen LogP contribution < -0.4 is 5.73 Å². The zero-order chi connectivity index (χ0) is 26.2. The van der Waals surface area contributed by atoms with Crippen LogP contribution in [0, 0.1) is 0 Å². The maximum atomic E-state index is 13.1. The van der Waals surface area contributed by atoms with Gasteiger partial charge >= 0.3 is 0 Å². The minimum Gasteiger partial charge on any atom is -0.307 e. The first-order valence-corrected chi connectivity index (χ1v) is 15.3. The van der Waals surface area contributed by atoms with Gasteiger partial charge < -0.3 is 5.73 Å². The molecule has 0 radical (unpaired) electrons. The Morgan fingerprint density at radius 2 is 0.600 bits per heavy atom. The topological polar surface area (TPSA) is 77.2 Å². The molecule has 4 heteroatoms. The van der Waals surface area contributed by atoms with Crippen molar-refractivity contribution in [2.24, 2.45) is 5.73 Å². The van der Waals surface area contributed by atoms with Crippen LogP contribution in [0.2, 0.25) is 0 Å². The van der Waals surface area contributed by atoms with Crippen LogP contribution in [0.15, 0.2) is 0 Å². The number of carbonyl (C=O) groups is 3. The number of Topliss-reactive ketones (excluding diaryl/α,β-unsaturated/α-hetero) is 3. The Kier molecular flexibility index (Phi) is 22.7. The van der Waals surface area contributed by atoms with Gasteiger partial charge in [0, 0.05) is 19.3 Å². The predicted octanol–water partition coefficient (Wildman–Crippen LogP) is 8.81. The molecular formula is C31H59NO3. The lowest BCUT2D eigenvalue weighted by molar-refractivity contribution is -0.142. The maximum absolute atomic E-state index is 13.1. The van der Waals surface area contributed by atoms with E-state index < -0.39 is 5.54 Å². The average molecular weight is 494 g/mol. The fourth-order valence-electron chi connectivity index (χ4n) is 4.79. The normalized spacial score (nSPS) is 11.7. The Morgan fingerprint density at radius 1 is 0.400 bits per heavy atom. The van der Waals surface area contributed by atoms with E-state index in [2.05, 4.69) is 20.8 Å². The number of nitrogens with two attached hydrogens (primary N) is 1. The fourth-order valence-corrected chi connectivity index (χ4v) is 4.79. The van der Waals surface area contributed by atoms with Crippen LogP contribution in [0.25, 0.3) is 0 Å². The Morgan fingerprint density at radius 3 is 0.829 bits per heavy atom. The molecule has 0 aromatic heterocycles. The highest BCUT2D eigenvalue weighted by Crippen LogP contribution is 2.21. The molecule has 206 valence electrons. The summed E-state index contributed by atoms with van der Waals surface area (Å²) in [5.74, 6) is -1.02. The molecule has 0 saturated heterocycles. The molecular weight excluding hydrogens is 434 g/mol. The molecule has 0 aliphatic heterocycles. The van der Waals surface area contributed by atoms with Crippen molar-refractivity contribution >= 4 is 17.3 Å². The SMILES string of the molecule is CCCCCCCCCC(=O)C(N)(C(=O)CCCCCCCCC)C(=O)CCCCCCCCC. The van der Waals surface area contributed by atoms with Gasteiger partial charge in [-0.05, 0) is 19.3 Å². The summed E-state index contributed by atoms with van der Waals surface area (Å²) in [6.45, 7) is 6.60. The maximum Gasteiger partial charge on any atom is 0.193 e. The fraction of sp³-hybridized carbons (Fsp3) is 0.903. The summed E-state index contributed by atoms with van der Waals surface area (Å²) in [4.78, 5) is 39.4. The molecule has 0 bridgehead atoms. The molecule has 0 fully saturated rings. The van der Waals surface area contributed by atoms with Gasteiger partial charge in [0.05, 0.1) is 0 Å². The lowest BCUT2D eigenvalue weighted by Crippen LogP contribution is -2.61. The first kappa shape index (κ1) is 34.0. The minimum absolute atomic E-state index is 0.246. The number of carbonyl (C=O) groups excluding carboxylic acids is 3. The molecule has 0 aliphatic carbocycles. The Labute approximate surface area is 218 Å². The lowest BCUT2D eigenvalue weighted by Gasteiger charge is -2.25. The van der Waals surface area contributed by atoms with Crippen molar-refractivity contribution in [3.05, 3.63) is 0 Å². The summed E-state index contributed by atoms with van der Waals surface area (Å²) in [6.07, 6.45) is 23.8. The Balaban J connectivity index is 4.72. The van der Waals surface area contributed by atoms with Gasteiger partial charge in [-0.15, -0.1) is 0 Å². The number of hydrogen-bond donors (Lipinski definition) is 1. The number of hydrogen-bond acceptors (Lipinski definition) is 4. The molecule has 0 aliphatic rings. The smallest absolute Gasteiger partial charge is 0.193 e. The van der Waals surface area contributed by atoms with E-state index in [4.69, 9.17) is 5.73 Å². The summed E-state index contributed by atoms with van der Waals surface area (Å²) >= 11 is 0. The molecule has 35 heavy (non-hydrogen) atoms. The van der Waals surface area contributed by atoms with Crippen LogP contribution >= 0.6 is 0 Å². The highest BCUT2D eigenvalue weighted by Gasteiger charge is 2.46. The summed E-state index contributed by atoms with van der Waals surface area (Å²) in [5.41, 5.74) is 4.51. The lowest BCUT2D eigenvalue weighted by atomic mass is 9.79. The van der Waals surface area contributed by atoms with Gasteiger partial charge in [0.1, 0.15) is 0 Å². The molecule has 0 aromatic carbocycles. The standard InChI is InChI=1S/C31H59NO3/c1-4-7-10-13-16-19-22-25-28(33)31(32,29(34)26-23-20-17-14-11-8-5-2)30(35)27-24-21-18-15-12-9-6-3/h4-27,32H2,1-3H3. The Hall–Kier alpha value is -1.03. The minimum atomic E-state index is -1.91. The third kappa shape index (κ3) is 16.4. The Bertz CT molecular complexity index is 469. The first-order chi connectivity index (χ1) is 16.9. The van der Waals surface area contributed by atoms with Crippen molar-refractivity contribution in [3.63, 3.8) is 0 Å². The molecule has 4 nitrogen and oxygen atoms in total. The molecule has 0 saturated carbocycles. The third-order valence-corrected chi connectivity index (χ3v) is 7.34. The first-order valence-electron chi connectivity index (χ1n) is 15.3. The highest BCUT2D eigenvalue weighted by molar-refractivity contribution is 6.29. The summed E-state index contributed by atoms with van der Waals surface area (Å²) in [6, 6.07) is 0. The summed E-state index contributed by atoms with van der Waals surface area (Å²) < 4.78 is 0. The second kappa shape index (κ2) is 23.4. The molecule has 0 atom stereocenters. The van der Waals surface area contributed by atoms with Gasteiger partial charge in [-0.2, -0.15) is 0 Å². The van der Waals surface area contributed by atoms with E-state index in [-0.39, 0.29) is 36.6 Å². The molecule has 0 unspecified atom stereocenters. The zero-order valence-electron chi connectivity index (χ0n) is 23.8. The van der Waals surface area contributed by atoms with E-state index >= 15 is 0 Å². The second-order valence-corrected chi connectivity index (χ2v) is 10.7. The van der Waals surface area contributed by atoms with E-state index in [1.165, 1.54) is 77.0 Å². The number of ketones is 3. The van der Waals surface area contributed by atoms with Gasteiger partial charge in [0.2, 0.25) is 0 Å². The zero-order valence-corrected chi connectivity index (χ0v) is 23.8. The van der Waals surface area contributed by atoms with E-state index in [1.54, 1.807) is 0 Å². The third-order valence-electron chi connectivity index (χ3n) is 7.34. The van der Waals surface area contributed by atoms with Crippen molar-refractivity contribution in [2.75, 3.05) is 0 Å². The van der Waals surface area contributed by atoms with E-state index in [0.717, 1.165) is 57.8 Å². The van der Waals surface area contributed by atoms with Gasteiger partial charge in [-0.25, -0.2) is 0 Å². The van der Waals surface area contributed by atoms with Crippen LogP contribution in [0.1, 0.15) is 175 Å². The molecule has 0 spiro atoms. The van der Waals surface area contributed by atoms with Gasteiger partial charge in [0.15, 0.2) is 22.9 Å². The quantitative estimate of drug-likeness (QED) is 0.0915. The van der Waals surface area contributed by atoms with Crippen LogP contribution in [0.3, 0.4) is 0 Å². The van der Waals surface area contributed by atoms with Crippen molar-refractivity contribution in [3.8, 4) is 0 Å². The molecule has 0 heterocycles. The van der Waals surface area contributed by atoms with Crippen molar-refractivity contribution in [2.45, 2.75) is 180 Å². The van der Waals surface area contributed by atoms with Crippen LogP contribution in [-0.4, -0.2) is 22.9 Å². The molecule has 0 aromatic rings. The van der Waals surface area contributed by atoms with Crippen molar-refractivity contribution < 1.29 is 14.4 Å². The number of unbranched alkanes of at least 4 members (excludes halogenated alkanes) is 18.